The number of ether oxygens (including phenoxy) is 6. The number of carbonyl (C=O) groups is 3. The van der Waals surface area contributed by atoms with Gasteiger partial charge in [-0.2, -0.15) is 0 Å². The van der Waals surface area contributed by atoms with Gasteiger partial charge in [-0.25, -0.2) is 14.4 Å². The summed E-state index contributed by atoms with van der Waals surface area (Å²) in [6.07, 6.45) is -1.54. The van der Waals surface area contributed by atoms with Gasteiger partial charge >= 0.3 is 18.3 Å². The molecule has 0 fully saturated rings. The van der Waals surface area contributed by atoms with Gasteiger partial charge in [-0.3, -0.25) is 16.0 Å². The minimum absolute atomic E-state index is 0.0556. The summed E-state index contributed by atoms with van der Waals surface area (Å²) in [5, 5.41) is 8.21. The smallest absolute Gasteiger partial charge is 0.411 e. The number of carbonyl (C=O) groups excluding carboxylic acids is 3. The molecule has 3 amide bonds. The Labute approximate surface area is 288 Å². The molecule has 0 bridgehead atoms. The SMILES string of the molecule is CC(C)OCCOC(=O)Nc1ccc(C(c2ccc(NC(=O)OCCOC(C)C)cc2)c2ccc(NC(=O)OCCOC(C)C)cc2)cc1. The quantitative estimate of drug-likeness (QED) is 0.0698. The highest BCUT2D eigenvalue weighted by Crippen LogP contribution is 2.34. The summed E-state index contributed by atoms with van der Waals surface area (Å²) in [6, 6.07) is 22.4. The third kappa shape index (κ3) is 15.0. The lowest BCUT2D eigenvalue weighted by atomic mass is 9.85. The van der Waals surface area contributed by atoms with Crippen LogP contribution in [-0.2, 0) is 28.4 Å². The van der Waals surface area contributed by atoms with Crippen molar-refractivity contribution < 1.29 is 42.8 Å². The maximum Gasteiger partial charge on any atom is 0.411 e. The second-order valence-corrected chi connectivity index (χ2v) is 11.8. The Hall–Kier alpha value is -4.65. The van der Waals surface area contributed by atoms with Gasteiger partial charge in [-0.1, -0.05) is 36.4 Å². The lowest BCUT2D eigenvalue weighted by molar-refractivity contribution is 0.0427. The zero-order chi connectivity index (χ0) is 35.6. The van der Waals surface area contributed by atoms with Gasteiger partial charge < -0.3 is 28.4 Å². The minimum atomic E-state index is -0.570. The highest BCUT2D eigenvalue weighted by Gasteiger charge is 2.18. The molecule has 0 atom stereocenters. The molecule has 12 nitrogen and oxygen atoms in total. The molecule has 0 aromatic heterocycles. The zero-order valence-corrected chi connectivity index (χ0v) is 29.2. The molecular formula is C37H49N3O9. The topological polar surface area (TPSA) is 143 Å². The lowest BCUT2D eigenvalue weighted by Gasteiger charge is -2.20. The zero-order valence-electron chi connectivity index (χ0n) is 29.2. The summed E-state index contributed by atoms with van der Waals surface area (Å²) in [6.45, 7) is 12.9. The van der Waals surface area contributed by atoms with Crippen LogP contribution in [0.3, 0.4) is 0 Å². The average molecular weight is 680 g/mol. The third-order valence-electron chi connectivity index (χ3n) is 6.77. The van der Waals surface area contributed by atoms with Crippen molar-refractivity contribution in [1.82, 2.24) is 0 Å². The number of anilines is 3. The van der Waals surface area contributed by atoms with E-state index in [0.29, 0.717) is 36.9 Å². The fraction of sp³-hybridized carbons (Fsp3) is 0.432. The Morgan fingerprint density at radius 1 is 0.429 bits per heavy atom. The average Bonchev–Trinajstić information content (AvgIpc) is 3.06. The molecule has 12 heteroatoms. The molecule has 0 saturated carbocycles. The van der Waals surface area contributed by atoms with Gasteiger partial charge in [-0.15, -0.1) is 0 Å². The Morgan fingerprint density at radius 3 is 0.898 bits per heavy atom. The van der Waals surface area contributed by atoms with Gasteiger partial charge in [0.25, 0.3) is 0 Å². The van der Waals surface area contributed by atoms with Crippen LogP contribution in [0.25, 0.3) is 0 Å². The highest BCUT2D eigenvalue weighted by molar-refractivity contribution is 5.86. The monoisotopic (exact) mass is 679 g/mol. The summed E-state index contributed by atoms with van der Waals surface area (Å²) < 4.78 is 31.8. The summed E-state index contributed by atoms with van der Waals surface area (Å²) in [5.74, 6) is -0.224. The van der Waals surface area contributed by atoms with Gasteiger partial charge in [0.2, 0.25) is 0 Å². The van der Waals surface area contributed by atoms with E-state index in [4.69, 9.17) is 28.4 Å². The number of hydrogen-bond donors (Lipinski definition) is 3. The minimum Gasteiger partial charge on any atom is -0.447 e. The Kier molecular flexibility index (Phi) is 16.4. The van der Waals surface area contributed by atoms with Crippen molar-refractivity contribution in [3.05, 3.63) is 89.5 Å². The molecule has 0 radical (unpaired) electrons. The maximum atomic E-state index is 12.3. The van der Waals surface area contributed by atoms with E-state index >= 15 is 0 Å². The Balaban J connectivity index is 1.73. The molecule has 0 heterocycles. The van der Waals surface area contributed by atoms with Crippen LogP contribution in [0.4, 0.5) is 31.4 Å². The molecule has 0 aliphatic carbocycles. The fourth-order valence-corrected chi connectivity index (χ4v) is 4.57. The lowest BCUT2D eigenvalue weighted by Crippen LogP contribution is -2.18. The van der Waals surface area contributed by atoms with Crippen molar-refractivity contribution in [3.63, 3.8) is 0 Å². The second kappa shape index (κ2) is 20.7. The van der Waals surface area contributed by atoms with Crippen LogP contribution in [0.5, 0.6) is 0 Å². The van der Waals surface area contributed by atoms with E-state index in [1.165, 1.54) is 0 Å². The standard InChI is InChI=1S/C37H49N3O9/c1-25(2)44-19-22-47-35(41)38-31-13-7-28(8-14-31)34(29-9-15-32(16-10-29)39-36(42)48-23-20-45-26(3)4)30-11-17-33(18-12-30)40-37(43)49-24-21-46-27(5)6/h7-18,25-27,34H,19-24H2,1-6H3,(H,38,41)(H,39,42)(H,40,43). The van der Waals surface area contributed by atoms with E-state index in [1.54, 1.807) is 36.4 Å². The van der Waals surface area contributed by atoms with Crippen molar-refractivity contribution in [2.75, 3.05) is 55.6 Å². The van der Waals surface area contributed by atoms with E-state index in [9.17, 15) is 14.4 Å². The molecule has 49 heavy (non-hydrogen) atoms. The third-order valence-corrected chi connectivity index (χ3v) is 6.77. The van der Waals surface area contributed by atoms with Gasteiger partial charge in [-0.05, 0) is 94.6 Å². The van der Waals surface area contributed by atoms with E-state index in [2.05, 4.69) is 16.0 Å². The van der Waals surface area contributed by atoms with Crippen LogP contribution < -0.4 is 16.0 Å². The van der Waals surface area contributed by atoms with Crippen molar-refractivity contribution in [2.24, 2.45) is 0 Å². The van der Waals surface area contributed by atoms with Crippen molar-refractivity contribution in [3.8, 4) is 0 Å². The summed E-state index contributed by atoms with van der Waals surface area (Å²) in [7, 11) is 0. The summed E-state index contributed by atoms with van der Waals surface area (Å²) in [5.41, 5.74) is 4.56. The maximum absolute atomic E-state index is 12.3. The van der Waals surface area contributed by atoms with E-state index in [0.717, 1.165) is 16.7 Å². The Morgan fingerprint density at radius 2 is 0.673 bits per heavy atom. The first-order valence-electron chi connectivity index (χ1n) is 16.5. The van der Waals surface area contributed by atoms with Crippen molar-refractivity contribution in [2.45, 2.75) is 65.8 Å². The molecule has 3 rings (SSSR count). The molecule has 0 unspecified atom stereocenters. The first-order valence-corrected chi connectivity index (χ1v) is 16.5. The van der Waals surface area contributed by atoms with Crippen LogP contribution in [0.1, 0.15) is 64.2 Å². The van der Waals surface area contributed by atoms with E-state index in [-0.39, 0.29) is 44.1 Å². The van der Waals surface area contributed by atoms with Gasteiger partial charge in [0.1, 0.15) is 19.8 Å². The highest BCUT2D eigenvalue weighted by atomic mass is 16.6. The fourth-order valence-electron chi connectivity index (χ4n) is 4.57. The molecule has 266 valence electrons. The molecule has 3 N–H and O–H groups in total. The molecular weight excluding hydrogens is 630 g/mol. The molecule has 0 saturated heterocycles. The van der Waals surface area contributed by atoms with Crippen molar-refractivity contribution in [1.29, 1.82) is 0 Å². The number of rotatable bonds is 18. The van der Waals surface area contributed by atoms with Crippen LogP contribution >= 0.6 is 0 Å². The molecule has 0 aliphatic rings. The molecule has 0 spiro atoms. The molecule has 0 aliphatic heterocycles. The van der Waals surface area contributed by atoms with Crippen LogP contribution in [0.2, 0.25) is 0 Å². The predicted octanol–water partition coefficient (Wildman–Crippen LogP) is 7.79. The summed E-state index contributed by atoms with van der Waals surface area (Å²) >= 11 is 0. The number of benzene rings is 3. The molecule has 3 aromatic rings. The number of amides is 3. The summed E-state index contributed by atoms with van der Waals surface area (Å²) in [4.78, 5) is 36.8. The van der Waals surface area contributed by atoms with E-state index < -0.39 is 18.3 Å². The molecule has 3 aromatic carbocycles. The van der Waals surface area contributed by atoms with Gasteiger partial charge in [0.05, 0.1) is 38.1 Å². The number of hydrogen-bond acceptors (Lipinski definition) is 9. The van der Waals surface area contributed by atoms with Crippen molar-refractivity contribution >= 4 is 35.3 Å². The first kappa shape index (κ1) is 38.8. The van der Waals surface area contributed by atoms with Gasteiger partial charge in [0, 0.05) is 23.0 Å². The second-order valence-electron chi connectivity index (χ2n) is 11.8. The van der Waals surface area contributed by atoms with Crippen LogP contribution in [0, 0.1) is 0 Å². The normalized spacial score (nSPS) is 11.1. The largest absolute Gasteiger partial charge is 0.447 e. The van der Waals surface area contributed by atoms with Crippen LogP contribution in [-0.4, -0.2) is 76.2 Å². The number of nitrogens with one attached hydrogen (secondary N) is 3. The predicted molar refractivity (Wildman–Crippen MR) is 188 cm³/mol. The van der Waals surface area contributed by atoms with Gasteiger partial charge in [0.15, 0.2) is 0 Å². The van der Waals surface area contributed by atoms with E-state index in [1.807, 2.05) is 77.9 Å². The first-order chi connectivity index (χ1) is 23.5. The Bertz CT molecular complexity index is 1250. The van der Waals surface area contributed by atoms with Crippen LogP contribution in [0.15, 0.2) is 72.8 Å².